The molecule has 0 aromatic heterocycles. The fourth-order valence-electron chi connectivity index (χ4n) is 3.31. The number of rotatable bonds is 6. The van der Waals surface area contributed by atoms with Crippen molar-refractivity contribution in [3.63, 3.8) is 0 Å². The molecule has 0 spiro atoms. The number of alkyl halides is 1. The van der Waals surface area contributed by atoms with Crippen LogP contribution in [0.3, 0.4) is 0 Å². The number of nitrogens with zero attached hydrogens (tertiary/aromatic N) is 1. The molecule has 3 rings (SSSR count). The van der Waals surface area contributed by atoms with Crippen LogP contribution in [0.5, 0.6) is 0 Å². The number of carbonyl (C=O) groups excluding carboxylic acids is 1. The van der Waals surface area contributed by atoms with Gasteiger partial charge in [-0.1, -0.05) is 36.4 Å². The number of ether oxygens (including phenoxy) is 1. The van der Waals surface area contributed by atoms with Crippen molar-refractivity contribution in [2.24, 2.45) is 5.73 Å². The lowest BCUT2D eigenvalue weighted by Gasteiger charge is -2.34. The van der Waals surface area contributed by atoms with Crippen molar-refractivity contribution >= 4 is 6.09 Å². The van der Waals surface area contributed by atoms with E-state index >= 15 is 0 Å². The second-order valence-corrected chi connectivity index (χ2v) is 6.90. The van der Waals surface area contributed by atoms with Crippen molar-refractivity contribution in [3.8, 4) is 0 Å². The summed E-state index contributed by atoms with van der Waals surface area (Å²) < 4.78 is 33.3. The summed E-state index contributed by atoms with van der Waals surface area (Å²) in [5.74, 6) is -0.346. The van der Waals surface area contributed by atoms with Gasteiger partial charge in [-0.05, 0) is 35.2 Å². The topological polar surface area (TPSA) is 67.6 Å². The van der Waals surface area contributed by atoms with E-state index in [0.717, 1.165) is 16.7 Å². The van der Waals surface area contributed by atoms with Crippen molar-refractivity contribution < 1.29 is 18.3 Å². The van der Waals surface area contributed by atoms with Crippen LogP contribution in [0.25, 0.3) is 0 Å². The summed E-state index contributed by atoms with van der Waals surface area (Å²) in [4.78, 5) is 13.6. The number of hydrogen-bond donors (Lipinski definition) is 2. The number of carbonyl (C=O) groups is 1. The smallest absolute Gasteiger partial charge is 0.410 e. The predicted octanol–water partition coefficient (Wildman–Crippen LogP) is 3.12. The van der Waals surface area contributed by atoms with E-state index in [1.54, 1.807) is 6.07 Å². The summed E-state index contributed by atoms with van der Waals surface area (Å²) in [6.45, 7) is 1.16. The molecule has 2 atom stereocenters. The molecule has 1 aliphatic rings. The van der Waals surface area contributed by atoms with Gasteiger partial charge in [0.15, 0.2) is 0 Å². The Bertz CT molecular complexity index is 788. The normalized spacial score (nSPS) is 19.5. The highest BCUT2D eigenvalue weighted by Crippen LogP contribution is 2.18. The molecular weight excluding hydrogens is 364 g/mol. The van der Waals surface area contributed by atoms with Gasteiger partial charge in [-0.2, -0.15) is 0 Å². The van der Waals surface area contributed by atoms with E-state index in [4.69, 9.17) is 10.5 Å². The van der Waals surface area contributed by atoms with E-state index in [-0.39, 0.29) is 19.0 Å². The van der Waals surface area contributed by atoms with Crippen LogP contribution in [0.2, 0.25) is 0 Å². The van der Waals surface area contributed by atoms with Gasteiger partial charge >= 0.3 is 6.09 Å². The van der Waals surface area contributed by atoms with Crippen LogP contribution < -0.4 is 11.1 Å². The molecule has 0 aliphatic carbocycles. The van der Waals surface area contributed by atoms with E-state index in [9.17, 15) is 13.6 Å². The molecule has 1 heterocycles. The van der Waals surface area contributed by atoms with Gasteiger partial charge in [0.25, 0.3) is 0 Å². The van der Waals surface area contributed by atoms with Gasteiger partial charge in [-0.25, -0.2) is 13.6 Å². The SMILES string of the molecule is NCc1ccc(F)cc1CNC1CCN(C(=O)OCc2ccccc2)CC1F. The maximum atomic E-state index is 14.6. The second-order valence-electron chi connectivity index (χ2n) is 6.90. The van der Waals surface area contributed by atoms with Gasteiger partial charge in [0.05, 0.1) is 6.54 Å². The largest absolute Gasteiger partial charge is 0.445 e. The molecule has 150 valence electrons. The number of piperidine rings is 1. The van der Waals surface area contributed by atoms with Crippen molar-refractivity contribution in [1.29, 1.82) is 0 Å². The van der Waals surface area contributed by atoms with Gasteiger partial charge < -0.3 is 20.7 Å². The Morgan fingerprint density at radius 1 is 1.21 bits per heavy atom. The highest BCUT2D eigenvalue weighted by Gasteiger charge is 2.32. The minimum atomic E-state index is -1.23. The number of likely N-dealkylation sites (tertiary alicyclic amines) is 1. The predicted molar refractivity (Wildman–Crippen MR) is 103 cm³/mol. The molecule has 1 aliphatic heterocycles. The zero-order chi connectivity index (χ0) is 19.9. The summed E-state index contributed by atoms with van der Waals surface area (Å²) in [7, 11) is 0. The highest BCUT2D eigenvalue weighted by atomic mass is 19.1. The van der Waals surface area contributed by atoms with Crippen molar-refractivity contribution in [1.82, 2.24) is 10.2 Å². The van der Waals surface area contributed by atoms with Crippen molar-refractivity contribution in [2.75, 3.05) is 13.1 Å². The third-order valence-corrected chi connectivity index (χ3v) is 4.95. The van der Waals surface area contributed by atoms with Crippen LogP contribution in [0, 0.1) is 5.82 Å². The van der Waals surface area contributed by atoms with Crippen molar-refractivity contribution in [3.05, 3.63) is 71.0 Å². The number of benzene rings is 2. The van der Waals surface area contributed by atoms with E-state index in [1.165, 1.54) is 17.0 Å². The Hall–Kier alpha value is -2.51. The molecule has 3 N–H and O–H groups in total. The molecular formula is C21H25F2N3O2. The first-order valence-corrected chi connectivity index (χ1v) is 9.37. The number of amides is 1. The van der Waals surface area contributed by atoms with Crippen LogP contribution in [0.15, 0.2) is 48.5 Å². The van der Waals surface area contributed by atoms with Gasteiger partial charge in [-0.3, -0.25) is 0 Å². The molecule has 0 bridgehead atoms. The molecule has 0 saturated carbocycles. The van der Waals surface area contributed by atoms with Crippen LogP contribution in [-0.2, 0) is 24.4 Å². The fraction of sp³-hybridized carbons (Fsp3) is 0.381. The molecule has 5 nitrogen and oxygen atoms in total. The van der Waals surface area contributed by atoms with Gasteiger partial charge in [0, 0.05) is 25.7 Å². The lowest BCUT2D eigenvalue weighted by atomic mass is 10.0. The Morgan fingerprint density at radius 2 is 2.00 bits per heavy atom. The van der Waals surface area contributed by atoms with E-state index in [2.05, 4.69) is 5.32 Å². The fourth-order valence-corrected chi connectivity index (χ4v) is 3.31. The first-order chi connectivity index (χ1) is 13.6. The zero-order valence-corrected chi connectivity index (χ0v) is 15.6. The van der Waals surface area contributed by atoms with Crippen LogP contribution in [-0.4, -0.2) is 36.3 Å². The molecule has 7 heteroatoms. The third kappa shape index (κ3) is 5.27. The van der Waals surface area contributed by atoms with E-state index < -0.39 is 18.3 Å². The molecule has 2 aromatic rings. The summed E-state index contributed by atoms with van der Waals surface area (Å²) >= 11 is 0. The van der Waals surface area contributed by atoms with Gasteiger partial charge in [0.2, 0.25) is 0 Å². The lowest BCUT2D eigenvalue weighted by molar-refractivity contribution is 0.0602. The van der Waals surface area contributed by atoms with Gasteiger partial charge in [-0.15, -0.1) is 0 Å². The average Bonchev–Trinajstić information content (AvgIpc) is 2.72. The minimum absolute atomic E-state index is 0.0296. The van der Waals surface area contributed by atoms with E-state index in [0.29, 0.717) is 26.1 Å². The van der Waals surface area contributed by atoms with Crippen LogP contribution in [0.4, 0.5) is 13.6 Å². The standard InChI is InChI=1S/C21H25F2N3O2/c22-18-7-6-16(11-24)17(10-18)12-25-20-8-9-26(13-19(20)23)21(27)28-14-15-4-2-1-3-5-15/h1-7,10,19-20,25H,8-9,11-14,24H2. The minimum Gasteiger partial charge on any atom is -0.445 e. The Labute approximate surface area is 163 Å². The number of nitrogens with one attached hydrogen (secondary N) is 1. The first-order valence-electron chi connectivity index (χ1n) is 9.37. The van der Waals surface area contributed by atoms with Crippen LogP contribution >= 0.6 is 0 Å². The molecule has 2 unspecified atom stereocenters. The quantitative estimate of drug-likeness (QED) is 0.797. The molecule has 0 radical (unpaired) electrons. The maximum absolute atomic E-state index is 14.6. The number of halogens is 2. The summed E-state index contributed by atoms with van der Waals surface area (Å²) in [5.41, 5.74) is 8.11. The Kier molecular flexibility index (Phi) is 6.95. The Balaban J connectivity index is 1.48. The second kappa shape index (κ2) is 9.61. The van der Waals surface area contributed by atoms with E-state index in [1.807, 2.05) is 30.3 Å². The number of hydrogen-bond acceptors (Lipinski definition) is 4. The Morgan fingerprint density at radius 3 is 2.71 bits per heavy atom. The molecule has 1 saturated heterocycles. The summed E-state index contributed by atoms with van der Waals surface area (Å²) in [6.07, 6.45) is -1.29. The van der Waals surface area contributed by atoms with Crippen molar-refractivity contribution in [2.45, 2.75) is 38.3 Å². The van der Waals surface area contributed by atoms with Crippen LogP contribution in [0.1, 0.15) is 23.1 Å². The zero-order valence-electron chi connectivity index (χ0n) is 15.6. The first kappa shape index (κ1) is 20.2. The number of nitrogens with two attached hydrogens (primary N) is 1. The van der Waals surface area contributed by atoms with Gasteiger partial charge in [0.1, 0.15) is 18.6 Å². The average molecular weight is 389 g/mol. The highest BCUT2D eigenvalue weighted by molar-refractivity contribution is 5.67. The molecule has 28 heavy (non-hydrogen) atoms. The monoisotopic (exact) mass is 389 g/mol. The lowest BCUT2D eigenvalue weighted by Crippen LogP contribution is -2.52. The molecule has 1 amide bonds. The molecule has 1 fully saturated rings. The third-order valence-electron chi connectivity index (χ3n) is 4.95. The molecule has 2 aromatic carbocycles. The summed E-state index contributed by atoms with van der Waals surface area (Å²) in [6, 6.07) is 13.4. The maximum Gasteiger partial charge on any atom is 0.410 e. The summed E-state index contributed by atoms with van der Waals surface area (Å²) in [5, 5.41) is 3.13.